The van der Waals surface area contributed by atoms with Crippen LogP contribution in [0.15, 0.2) is 16.3 Å². The summed E-state index contributed by atoms with van der Waals surface area (Å²) in [6.45, 7) is 2.39. The van der Waals surface area contributed by atoms with Crippen LogP contribution in [0.4, 0.5) is 0 Å². The minimum Gasteiger partial charge on any atom is -0.481 e. The first-order chi connectivity index (χ1) is 9.36. The molecule has 20 heavy (non-hydrogen) atoms. The van der Waals surface area contributed by atoms with Crippen LogP contribution < -0.4 is 4.72 Å². The van der Waals surface area contributed by atoms with E-state index in [0.717, 1.165) is 4.88 Å². The fraction of sp³-hybridized carbons (Fsp3) is 0.583. The molecule has 0 aliphatic carbocycles. The zero-order valence-corrected chi connectivity index (χ0v) is 12.7. The summed E-state index contributed by atoms with van der Waals surface area (Å²) in [5.74, 6) is -0.981. The van der Waals surface area contributed by atoms with Gasteiger partial charge in [0.15, 0.2) is 0 Å². The molecule has 0 spiro atoms. The van der Waals surface area contributed by atoms with Gasteiger partial charge in [0.05, 0.1) is 5.41 Å². The first-order valence-corrected chi connectivity index (χ1v) is 8.53. The van der Waals surface area contributed by atoms with Crippen molar-refractivity contribution in [3.63, 3.8) is 0 Å². The number of rotatable bonds is 5. The van der Waals surface area contributed by atoms with Crippen LogP contribution >= 0.6 is 11.3 Å². The molecule has 1 fully saturated rings. The van der Waals surface area contributed by atoms with Gasteiger partial charge in [0.25, 0.3) is 0 Å². The molecule has 112 valence electrons. The van der Waals surface area contributed by atoms with E-state index in [1.165, 1.54) is 17.4 Å². The molecule has 0 saturated carbocycles. The second kappa shape index (κ2) is 5.80. The monoisotopic (exact) mass is 319 g/mol. The Hall–Kier alpha value is -0.960. The molecule has 8 heteroatoms. The number of nitrogens with one attached hydrogen (secondary N) is 1. The van der Waals surface area contributed by atoms with Gasteiger partial charge >= 0.3 is 5.97 Å². The van der Waals surface area contributed by atoms with E-state index >= 15 is 0 Å². The van der Waals surface area contributed by atoms with E-state index in [0.29, 0.717) is 26.1 Å². The molecule has 1 saturated heterocycles. The molecule has 1 aliphatic heterocycles. The van der Waals surface area contributed by atoms with Crippen LogP contribution in [0.1, 0.15) is 17.7 Å². The molecule has 2 heterocycles. The Kier molecular flexibility index (Phi) is 4.48. The van der Waals surface area contributed by atoms with E-state index in [1.807, 2.05) is 6.92 Å². The maximum absolute atomic E-state index is 12.1. The third-order valence-corrected chi connectivity index (χ3v) is 6.38. The Morgan fingerprint density at radius 3 is 2.60 bits per heavy atom. The number of hydrogen-bond acceptors (Lipinski definition) is 5. The second-order valence-electron chi connectivity index (χ2n) is 4.89. The highest BCUT2D eigenvalue weighted by molar-refractivity contribution is 7.91. The number of carboxylic acids is 1. The molecule has 0 amide bonds. The highest BCUT2D eigenvalue weighted by Gasteiger charge is 2.41. The van der Waals surface area contributed by atoms with Crippen molar-refractivity contribution in [2.75, 3.05) is 19.8 Å². The third-order valence-electron chi connectivity index (χ3n) is 3.48. The molecule has 0 bridgehead atoms. The van der Waals surface area contributed by atoms with Crippen LogP contribution in [0.3, 0.4) is 0 Å². The second-order valence-corrected chi connectivity index (χ2v) is 8.17. The highest BCUT2D eigenvalue weighted by atomic mass is 32.2. The van der Waals surface area contributed by atoms with Gasteiger partial charge in [0, 0.05) is 24.6 Å². The summed E-state index contributed by atoms with van der Waals surface area (Å²) >= 11 is 1.17. The number of ether oxygens (including phenoxy) is 1. The molecule has 0 atom stereocenters. The van der Waals surface area contributed by atoms with Gasteiger partial charge in [0.2, 0.25) is 10.0 Å². The summed E-state index contributed by atoms with van der Waals surface area (Å²) in [6.07, 6.45) is 0.628. The van der Waals surface area contributed by atoms with Crippen molar-refractivity contribution < 1.29 is 23.1 Å². The molecule has 0 radical (unpaired) electrons. The van der Waals surface area contributed by atoms with E-state index in [1.54, 1.807) is 6.07 Å². The van der Waals surface area contributed by atoms with E-state index in [-0.39, 0.29) is 10.8 Å². The molecule has 1 aromatic rings. The van der Waals surface area contributed by atoms with Crippen molar-refractivity contribution in [1.29, 1.82) is 0 Å². The molecule has 2 rings (SSSR count). The lowest BCUT2D eigenvalue weighted by molar-refractivity contribution is -0.154. The number of carboxylic acid groups (broad SMARTS) is 1. The van der Waals surface area contributed by atoms with Crippen LogP contribution in [-0.2, 0) is 19.6 Å². The molecule has 0 aromatic carbocycles. The average molecular weight is 319 g/mol. The van der Waals surface area contributed by atoms with Crippen molar-refractivity contribution in [2.45, 2.75) is 24.0 Å². The van der Waals surface area contributed by atoms with Crippen molar-refractivity contribution in [2.24, 2.45) is 5.41 Å². The van der Waals surface area contributed by atoms with Gasteiger partial charge in [-0.15, -0.1) is 11.3 Å². The van der Waals surface area contributed by atoms with Crippen LogP contribution in [0.5, 0.6) is 0 Å². The molecule has 1 aliphatic rings. The van der Waals surface area contributed by atoms with Crippen molar-refractivity contribution >= 4 is 27.3 Å². The van der Waals surface area contributed by atoms with Crippen molar-refractivity contribution in [1.82, 2.24) is 4.72 Å². The Morgan fingerprint density at radius 2 is 2.10 bits per heavy atom. The third kappa shape index (κ3) is 3.20. The Morgan fingerprint density at radius 1 is 1.45 bits per heavy atom. The first kappa shape index (κ1) is 15.4. The summed E-state index contributed by atoms with van der Waals surface area (Å²) in [6, 6.07) is 3.25. The predicted octanol–water partition coefficient (Wildman–Crippen LogP) is 1.22. The van der Waals surface area contributed by atoms with Gasteiger partial charge in [-0.3, -0.25) is 4.79 Å². The zero-order chi connectivity index (χ0) is 14.8. The Balaban J connectivity index is 2.11. The lowest BCUT2D eigenvalue weighted by atomic mass is 9.80. The molecule has 1 aromatic heterocycles. The summed E-state index contributed by atoms with van der Waals surface area (Å²) in [5.41, 5.74) is -1.07. The van der Waals surface area contributed by atoms with Gasteiger partial charge in [-0.25, -0.2) is 13.1 Å². The summed E-state index contributed by atoms with van der Waals surface area (Å²) in [4.78, 5) is 12.3. The van der Waals surface area contributed by atoms with Gasteiger partial charge < -0.3 is 9.84 Å². The minimum atomic E-state index is -3.65. The molecular weight excluding hydrogens is 302 g/mol. The maximum Gasteiger partial charge on any atom is 0.311 e. The van der Waals surface area contributed by atoms with E-state index in [4.69, 9.17) is 4.74 Å². The van der Waals surface area contributed by atoms with Crippen molar-refractivity contribution in [3.8, 4) is 0 Å². The fourth-order valence-corrected chi connectivity index (χ4v) is 4.54. The predicted molar refractivity (Wildman–Crippen MR) is 74.4 cm³/mol. The largest absolute Gasteiger partial charge is 0.481 e. The quantitative estimate of drug-likeness (QED) is 0.851. The van der Waals surface area contributed by atoms with Gasteiger partial charge in [0.1, 0.15) is 4.21 Å². The normalized spacial score (nSPS) is 18.9. The van der Waals surface area contributed by atoms with Gasteiger partial charge in [-0.1, -0.05) is 0 Å². The van der Waals surface area contributed by atoms with Crippen molar-refractivity contribution in [3.05, 3.63) is 17.0 Å². The van der Waals surface area contributed by atoms with E-state index in [2.05, 4.69) is 4.72 Å². The number of aryl methyl sites for hydroxylation is 1. The number of hydrogen-bond donors (Lipinski definition) is 2. The number of carbonyl (C=O) groups is 1. The average Bonchev–Trinajstić information content (AvgIpc) is 2.85. The highest BCUT2D eigenvalue weighted by Crippen LogP contribution is 2.31. The van der Waals surface area contributed by atoms with Gasteiger partial charge in [-0.2, -0.15) is 0 Å². The minimum absolute atomic E-state index is 0.106. The summed E-state index contributed by atoms with van der Waals surface area (Å²) in [7, 11) is -3.65. The maximum atomic E-state index is 12.1. The number of thiophene rings is 1. The standard InChI is InChI=1S/C12H17NO5S2/c1-9-2-3-10(19-9)20(16,17)13-8-12(11(14)15)4-6-18-7-5-12/h2-3,13H,4-8H2,1H3,(H,14,15). The first-order valence-electron chi connectivity index (χ1n) is 6.23. The molecular formula is C12H17NO5S2. The zero-order valence-electron chi connectivity index (χ0n) is 11.1. The SMILES string of the molecule is Cc1ccc(S(=O)(=O)NCC2(C(=O)O)CCOCC2)s1. The summed E-state index contributed by atoms with van der Waals surface area (Å²) < 4.78 is 32.1. The summed E-state index contributed by atoms with van der Waals surface area (Å²) in [5, 5.41) is 9.37. The van der Waals surface area contributed by atoms with Crippen LogP contribution in [0.25, 0.3) is 0 Å². The van der Waals surface area contributed by atoms with Crippen LogP contribution in [-0.4, -0.2) is 39.3 Å². The topological polar surface area (TPSA) is 92.7 Å². The van der Waals surface area contributed by atoms with Crippen LogP contribution in [0, 0.1) is 12.3 Å². The Labute approximate surface area is 121 Å². The number of sulfonamides is 1. The van der Waals surface area contributed by atoms with E-state index < -0.39 is 21.4 Å². The lowest BCUT2D eigenvalue weighted by Crippen LogP contribution is -2.46. The fourth-order valence-electron chi connectivity index (χ4n) is 2.09. The van der Waals surface area contributed by atoms with E-state index in [9.17, 15) is 18.3 Å². The lowest BCUT2D eigenvalue weighted by Gasteiger charge is -2.32. The smallest absolute Gasteiger partial charge is 0.311 e. The molecule has 0 unspecified atom stereocenters. The number of aliphatic carboxylic acids is 1. The molecule has 6 nitrogen and oxygen atoms in total. The molecule has 2 N–H and O–H groups in total. The Bertz CT molecular complexity index is 587. The van der Waals surface area contributed by atoms with Gasteiger partial charge in [-0.05, 0) is 31.9 Å². The van der Waals surface area contributed by atoms with Crippen LogP contribution in [0.2, 0.25) is 0 Å².